The number of benzene rings is 2. The zero-order valence-electron chi connectivity index (χ0n) is 44.8. The Morgan fingerprint density at radius 1 is 0.333 bits per heavy atom. The topological polar surface area (TPSA) is 25.3 Å². The van der Waals surface area contributed by atoms with Crippen LogP contribution in [0, 0.1) is 13.8 Å². The van der Waals surface area contributed by atoms with Gasteiger partial charge in [0.15, 0.2) is 0 Å². The molecule has 66 heavy (non-hydrogen) atoms. The first kappa shape index (κ1) is 64.0. The summed E-state index contributed by atoms with van der Waals surface area (Å²) in [6, 6.07) is 18.2. The number of nitrogens with zero attached hydrogens (tertiary/aromatic N) is 2. The first-order chi connectivity index (χ1) is 32.1. The van der Waals surface area contributed by atoms with Gasteiger partial charge in [-0.15, -0.1) is 0 Å². The van der Waals surface area contributed by atoms with Gasteiger partial charge in [0.25, 0.3) is 0 Å². The summed E-state index contributed by atoms with van der Waals surface area (Å²) in [5.74, 6) is 0. The van der Waals surface area contributed by atoms with Crippen molar-refractivity contribution in [2.75, 3.05) is 0 Å². The summed E-state index contributed by atoms with van der Waals surface area (Å²) in [5, 5.41) is 0. The van der Waals surface area contributed by atoms with Gasteiger partial charge >= 0.3 is 16.5 Å². The Labute approximate surface area is 423 Å². The number of aryl methyl sites for hydroxylation is 2. The van der Waals surface area contributed by atoms with E-state index in [-0.39, 0.29) is 16.5 Å². The molecular formula is C63H108N2Ni. The van der Waals surface area contributed by atoms with Crippen molar-refractivity contribution in [1.82, 2.24) is 0 Å². The maximum Gasteiger partial charge on any atom is 2.00 e. The van der Waals surface area contributed by atoms with Gasteiger partial charge in [0.2, 0.25) is 11.4 Å². The minimum absolute atomic E-state index is 0. The van der Waals surface area contributed by atoms with E-state index < -0.39 is 0 Å². The van der Waals surface area contributed by atoms with Crippen LogP contribution in [-0.4, -0.2) is 4.70 Å². The quantitative estimate of drug-likeness (QED) is 0.0275. The molecule has 1 heterocycles. The number of rotatable bonds is 41. The predicted octanol–water partition coefficient (Wildman–Crippen LogP) is 22.1. The van der Waals surface area contributed by atoms with Gasteiger partial charge in [0.05, 0.1) is 0 Å². The fraction of sp³-hybridized carbons (Fsp3) is 0.714. The van der Waals surface area contributed by atoms with E-state index in [1.165, 1.54) is 253 Å². The molecule has 0 aliphatic carbocycles. The molecule has 0 bridgehead atoms. The van der Waals surface area contributed by atoms with Crippen molar-refractivity contribution in [1.29, 1.82) is 0 Å². The van der Waals surface area contributed by atoms with Crippen LogP contribution in [0.15, 0.2) is 59.7 Å². The van der Waals surface area contributed by atoms with E-state index >= 15 is 0 Å². The van der Waals surface area contributed by atoms with Crippen molar-refractivity contribution in [3.05, 3.63) is 101 Å². The smallest absolute Gasteiger partial charge is 0.493 e. The van der Waals surface area contributed by atoms with E-state index in [1.807, 2.05) is 0 Å². The number of unbranched alkanes of at least 4 members (excludes halogenated alkanes) is 31. The van der Waals surface area contributed by atoms with Crippen molar-refractivity contribution in [2.45, 2.75) is 292 Å². The van der Waals surface area contributed by atoms with Gasteiger partial charge in [-0.3, -0.25) is 0 Å². The average Bonchev–Trinajstić information content (AvgIpc) is 3.62. The molecule has 2 aromatic carbocycles. The molecule has 0 aromatic heterocycles. The number of allylic oxidation sites excluding steroid dienone is 2. The van der Waals surface area contributed by atoms with E-state index in [1.54, 1.807) is 18.5 Å². The van der Waals surface area contributed by atoms with Gasteiger partial charge < -0.3 is 19.4 Å². The van der Waals surface area contributed by atoms with Crippen LogP contribution >= 0.6 is 0 Å². The molecule has 0 saturated carbocycles. The summed E-state index contributed by atoms with van der Waals surface area (Å²) in [5.41, 5.74) is 22.1. The van der Waals surface area contributed by atoms with Crippen LogP contribution in [0.4, 0.5) is 0 Å². The van der Waals surface area contributed by atoms with Gasteiger partial charge in [0.1, 0.15) is 0 Å². The van der Waals surface area contributed by atoms with Gasteiger partial charge in [-0.05, 0) is 86.8 Å². The molecule has 1 aliphatic heterocycles. The molecule has 2 nitrogen and oxygen atoms in total. The minimum Gasteiger partial charge on any atom is -0.493 e. The molecule has 0 atom stereocenters. The number of hydrogen-bond donors (Lipinski definition) is 0. The van der Waals surface area contributed by atoms with Crippen molar-refractivity contribution in [2.24, 2.45) is 0 Å². The van der Waals surface area contributed by atoms with E-state index in [4.69, 9.17) is 0 Å². The Morgan fingerprint density at radius 3 is 1.02 bits per heavy atom. The molecule has 1 aliphatic rings. The normalized spacial score (nSPS) is 12.3. The van der Waals surface area contributed by atoms with Crippen LogP contribution in [-0.2, 0) is 29.3 Å². The summed E-state index contributed by atoms with van der Waals surface area (Å²) < 4.78 is 1.60. The Hall–Kier alpha value is -1.99. The van der Waals surface area contributed by atoms with E-state index in [2.05, 4.69) is 90.1 Å². The SMILES string of the molecule is CCCCCCCCCCCCCCCCCCCCCCCCCCCCCCC1=C(c2ccc(CCCC)cc2)[N+](=[N-])C(c2cccc(CCCC)c2)=C1CCCCC.[CH2-]C.[CH2-]C.[Ni+2]. The molecule has 3 heteroatoms. The monoisotopic (exact) mass is 951 g/mol. The Balaban J connectivity index is 0.00000821. The maximum atomic E-state index is 12.2. The zero-order chi connectivity index (χ0) is 47.4. The average molecular weight is 952 g/mol. The van der Waals surface area contributed by atoms with Gasteiger partial charge in [-0.1, -0.05) is 251 Å². The van der Waals surface area contributed by atoms with Gasteiger partial charge in [0, 0.05) is 22.3 Å². The Kier molecular flexibility index (Phi) is 45.3. The zero-order valence-corrected chi connectivity index (χ0v) is 45.8. The van der Waals surface area contributed by atoms with Gasteiger partial charge in [-0.25, -0.2) is 4.70 Å². The molecule has 3 rings (SSSR count). The fourth-order valence-electron chi connectivity index (χ4n) is 9.77. The first-order valence-corrected chi connectivity index (χ1v) is 28.7. The van der Waals surface area contributed by atoms with Crippen LogP contribution in [0.25, 0.3) is 16.9 Å². The second-order valence-corrected chi connectivity index (χ2v) is 19.3. The second kappa shape index (κ2) is 46.7. The minimum atomic E-state index is 0. The Bertz CT molecular complexity index is 1450. The largest absolute Gasteiger partial charge is 2.00 e. The molecule has 0 unspecified atom stereocenters. The summed E-state index contributed by atoms with van der Waals surface area (Å²) in [7, 11) is 0. The molecule has 0 spiro atoms. The molecule has 0 amide bonds. The van der Waals surface area contributed by atoms with Crippen molar-refractivity contribution in [3.8, 4) is 0 Å². The molecule has 0 saturated heterocycles. The van der Waals surface area contributed by atoms with E-state index in [0.717, 1.165) is 42.6 Å². The van der Waals surface area contributed by atoms with Crippen molar-refractivity contribution in [3.63, 3.8) is 0 Å². The summed E-state index contributed by atoms with van der Waals surface area (Å²) >= 11 is 0. The Morgan fingerprint density at radius 2 is 0.636 bits per heavy atom. The first-order valence-electron chi connectivity index (χ1n) is 28.7. The fourth-order valence-corrected chi connectivity index (χ4v) is 9.77. The summed E-state index contributed by atoms with van der Waals surface area (Å²) in [4.78, 5) is 0. The summed E-state index contributed by atoms with van der Waals surface area (Å²) in [6.07, 6.45) is 52.8. The third kappa shape index (κ3) is 29.1. The third-order valence-corrected chi connectivity index (χ3v) is 13.7. The number of hydrogen-bond acceptors (Lipinski definition) is 0. The van der Waals surface area contributed by atoms with Crippen LogP contribution in [0.5, 0.6) is 0 Å². The van der Waals surface area contributed by atoms with Crippen LogP contribution in [0.3, 0.4) is 0 Å². The molecule has 380 valence electrons. The van der Waals surface area contributed by atoms with Crippen LogP contribution < -0.4 is 0 Å². The van der Waals surface area contributed by atoms with Crippen molar-refractivity contribution >= 4 is 11.4 Å². The van der Waals surface area contributed by atoms with Gasteiger partial charge in [-0.2, -0.15) is 13.8 Å². The van der Waals surface area contributed by atoms with Crippen LogP contribution in [0.1, 0.15) is 301 Å². The molecule has 0 fully saturated rings. The molecule has 0 N–H and O–H groups in total. The predicted molar refractivity (Wildman–Crippen MR) is 293 cm³/mol. The second-order valence-electron chi connectivity index (χ2n) is 19.3. The molecule has 2 aromatic rings. The summed E-state index contributed by atoms with van der Waals surface area (Å²) in [6.45, 7) is 19.1. The van der Waals surface area contributed by atoms with E-state index in [9.17, 15) is 5.53 Å². The maximum absolute atomic E-state index is 12.2. The molecular weight excluding hydrogens is 843 g/mol. The van der Waals surface area contributed by atoms with Crippen LogP contribution in [0.2, 0.25) is 0 Å². The van der Waals surface area contributed by atoms with E-state index in [0.29, 0.717) is 0 Å². The standard InChI is InChI=1S/C59H98N2.2C2H5.Ni/c1-5-9-13-14-15-16-17-18-19-20-21-22-23-24-25-26-27-28-29-30-31-32-33-34-35-36-37-39-46-56-57(45-38-10-6-2)59(55-44-40-43-53(51-55)42-12-8-4)61(60)58(56)54-49-47-52(48-50-54)41-11-7-3;2*1-2;/h40,43-44,47-51H,5-39,41-42,45-46H2,1-4H3;2*1H2,2H3;/q;2*-1;+2. The molecule has 0 radical (unpaired) electrons. The third-order valence-electron chi connectivity index (χ3n) is 13.7. The van der Waals surface area contributed by atoms with Crippen molar-refractivity contribution < 1.29 is 21.2 Å².